The van der Waals surface area contributed by atoms with Crippen LogP contribution in [0.1, 0.15) is 154 Å². The minimum absolute atomic E-state index is 0.0393. The fraction of sp³-hybridized carbons (Fsp3) is 0.667. The number of nitrogens with zero attached hydrogens (tertiary/aromatic N) is 2. The summed E-state index contributed by atoms with van der Waals surface area (Å²) in [6, 6.07) is 1.24. The van der Waals surface area contributed by atoms with Gasteiger partial charge in [0.25, 0.3) is 0 Å². The molecule has 1 aliphatic heterocycles. The van der Waals surface area contributed by atoms with Crippen LogP contribution in [-0.2, 0) is 46.3 Å². The fourth-order valence-electron chi connectivity index (χ4n) is 6.81. The molecule has 0 aromatic carbocycles. The Labute approximate surface area is 407 Å². The number of hydrogen-bond donors (Lipinski definition) is 6. The first-order valence-corrected chi connectivity index (χ1v) is 27.4. The van der Waals surface area contributed by atoms with Crippen molar-refractivity contribution in [1.82, 2.24) is 9.55 Å². The van der Waals surface area contributed by atoms with E-state index in [1.54, 1.807) is 0 Å². The molecule has 69 heavy (non-hydrogen) atoms. The van der Waals surface area contributed by atoms with Crippen LogP contribution in [0.3, 0.4) is 0 Å². The van der Waals surface area contributed by atoms with E-state index in [1.165, 1.54) is 31.7 Å². The fourth-order valence-corrected chi connectivity index (χ4v) is 8.92. The first kappa shape index (κ1) is 61.5. The zero-order chi connectivity index (χ0) is 50.6. The normalized spacial score (nSPS) is 19.9. The molecule has 2 unspecified atom stereocenters. The summed E-state index contributed by atoms with van der Waals surface area (Å²) in [5.41, 5.74) is 4.57. The van der Waals surface area contributed by atoms with Crippen LogP contribution in [0.15, 0.2) is 77.8 Å². The average Bonchev–Trinajstić information content (AvgIpc) is 3.58. The average molecular weight is 1020 g/mol. The number of aromatic nitrogens is 2. The lowest BCUT2D eigenvalue weighted by molar-refractivity contribution is -0.161. The van der Waals surface area contributed by atoms with E-state index in [0.717, 1.165) is 87.8 Å². The number of anilines is 1. The number of carbonyl (C=O) groups excluding carboxylic acids is 2. The lowest BCUT2D eigenvalue weighted by Crippen LogP contribution is -2.36. The summed E-state index contributed by atoms with van der Waals surface area (Å²) in [6.45, 7) is 0.0632. The molecule has 392 valence electrons. The first-order valence-electron chi connectivity index (χ1n) is 24.4. The predicted molar refractivity (Wildman–Crippen MR) is 262 cm³/mol. The van der Waals surface area contributed by atoms with Crippen LogP contribution in [-0.4, -0.2) is 97.4 Å². The van der Waals surface area contributed by atoms with Crippen molar-refractivity contribution in [3.63, 3.8) is 0 Å². The van der Waals surface area contributed by atoms with Gasteiger partial charge in [-0.1, -0.05) is 113 Å². The molecular weight excluding hydrogens is 936 g/mol. The van der Waals surface area contributed by atoms with E-state index in [9.17, 15) is 43.5 Å². The second-order valence-electron chi connectivity index (χ2n) is 16.7. The summed E-state index contributed by atoms with van der Waals surface area (Å²) < 4.78 is 56.6. The van der Waals surface area contributed by atoms with Crippen LogP contribution < -0.4 is 11.4 Å². The van der Waals surface area contributed by atoms with E-state index in [2.05, 4.69) is 58.8 Å². The molecule has 7 N–H and O–H groups in total. The van der Waals surface area contributed by atoms with Crippen molar-refractivity contribution in [3.8, 4) is 0 Å². The number of ether oxygens (including phenoxy) is 3. The van der Waals surface area contributed by atoms with E-state index in [-0.39, 0.29) is 25.3 Å². The van der Waals surface area contributed by atoms with Gasteiger partial charge in [0, 0.05) is 25.6 Å². The Hall–Kier alpha value is -3.58. The zero-order valence-electron chi connectivity index (χ0n) is 40.3. The highest BCUT2D eigenvalue weighted by Gasteiger charge is 2.46. The van der Waals surface area contributed by atoms with Gasteiger partial charge < -0.3 is 45.1 Å². The molecule has 2 rings (SSSR count). The number of rotatable bonds is 40. The van der Waals surface area contributed by atoms with Crippen molar-refractivity contribution in [3.05, 3.63) is 83.5 Å². The number of hydrogen-bond acceptors (Lipinski definition) is 16. The number of nitrogens with two attached hydrogens (primary N) is 1. The Morgan fingerprint density at radius 3 is 1.86 bits per heavy atom. The van der Waals surface area contributed by atoms with E-state index in [4.69, 9.17) is 34.1 Å². The number of aliphatic hydroxyl groups excluding tert-OH is 3. The lowest BCUT2D eigenvalue weighted by Gasteiger charge is -2.21. The third-order valence-electron chi connectivity index (χ3n) is 10.6. The number of unbranched alkanes of at least 4 members (excludes halogenated alkanes) is 13. The molecule has 1 aromatic heterocycles. The molecule has 0 spiro atoms. The van der Waals surface area contributed by atoms with Crippen LogP contribution >= 0.6 is 15.6 Å². The van der Waals surface area contributed by atoms with Gasteiger partial charge in [-0.15, -0.1) is 0 Å². The van der Waals surface area contributed by atoms with Crippen molar-refractivity contribution in [2.24, 2.45) is 0 Å². The Balaban J connectivity index is 1.84. The molecule has 0 saturated carbocycles. The van der Waals surface area contributed by atoms with Crippen molar-refractivity contribution < 1.29 is 71.4 Å². The SMILES string of the molecule is CCCCCC/C=C\CCCCCCCC(=O)OC[C@H](COP(=O)(O)OP(=O)(O)OC[C@H]1O[C@@H](n2ccc(N)nc2=O)[C@H](O)[C@@H]1O)OC(=O)CCC/C=C\C/C=C\C/C=C\C/C=C\CCCCCO. The minimum atomic E-state index is -5.44. The Morgan fingerprint density at radius 1 is 0.725 bits per heavy atom. The maximum atomic E-state index is 12.8. The van der Waals surface area contributed by atoms with Gasteiger partial charge >= 0.3 is 33.3 Å². The van der Waals surface area contributed by atoms with Gasteiger partial charge in [-0.3, -0.25) is 23.2 Å². The van der Waals surface area contributed by atoms with Crippen molar-refractivity contribution in [2.75, 3.05) is 32.2 Å². The number of aliphatic hydroxyl groups is 3. The topological polar surface area (TPSA) is 286 Å². The molecule has 0 bridgehead atoms. The molecule has 1 aliphatic rings. The van der Waals surface area contributed by atoms with Gasteiger partial charge in [0.15, 0.2) is 12.3 Å². The molecule has 1 aromatic rings. The largest absolute Gasteiger partial charge is 0.481 e. The smallest absolute Gasteiger partial charge is 0.462 e. The van der Waals surface area contributed by atoms with Gasteiger partial charge in [-0.2, -0.15) is 9.29 Å². The number of phosphoric acid groups is 2. The maximum absolute atomic E-state index is 12.8. The molecule has 1 saturated heterocycles. The number of nitrogen functional groups attached to an aromatic ring is 1. The highest BCUT2D eigenvalue weighted by Crippen LogP contribution is 2.60. The first-order chi connectivity index (χ1) is 33.2. The summed E-state index contributed by atoms with van der Waals surface area (Å²) in [4.78, 5) is 61.8. The molecule has 21 heteroatoms. The second kappa shape index (κ2) is 37.2. The summed E-state index contributed by atoms with van der Waals surface area (Å²) in [5.74, 6) is -1.40. The van der Waals surface area contributed by atoms with Crippen LogP contribution in [0.25, 0.3) is 0 Å². The lowest BCUT2D eigenvalue weighted by atomic mass is 10.1. The van der Waals surface area contributed by atoms with Crippen molar-refractivity contribution in [2.45, 2.75) is 179 Å². The van der Waals surface area contributed by atoms with Crippen molar-refractivity contribution >= 4 is 33.4 Å². The molecule has 0 amide bonds. The van der Waals surface area contributed by atoms with E-state index in [0.29, 0.717) is 25.7 Å². The van der Waals surface area contributed by atoms with Gasteiger partial charge in [0.05, 0.1) is 13.2 Å². The van der Waals surface area contributed by atoms with Crippen molar-refractivity contribution in [1.29, 1.82) is 0 Å². The van der Waals surface area contributed by atoms with Crippen LogP contribution in [0, 0.1) is 0 Å². The Morgan fingerprint density at radius 2 is 1.25 bits per heavy atom. The number of allylic oxidation sites excluding steroid dienone is 10. The van der Waals surface area contributed by atoms with Crippen LogP contribution in [0.2, 0.25) is 0 Å². The highest BCUT2D eigenvalue weighted by molar-refractivity contribution is 7.61. The van der Waals surface area contributed by atoms with Gasteiger partial charge in [0.1, 0.15) is 30.7 Å². The molecule has 0 radical (unpaired) electrons. The standard InChI is InChI=1S/C48H79N3O16P2/c1-2-3-4-5-6-7-8-14-17-20-23-26-29-32-43(53)62-37-40(65-44(54)33-30-27-24-21-18-15-12-10-9-11-13-16-19-22-25-28-31-36-52)38-63-68(58,59)67-69(60,61)64-39-41-45(55)46(56)47(66-41)51-35-34-42(49)50-48(51)57/h7-9,11-12,15-16,19,21,24,34-35,40-41,45-47,52,55-56H,2-6,10,13-14,17-18,20,22-23,25-33,36-39H2,1H3,(H,58,59)(H,60,61)(H2,49,50,57)/b8-7-,11-9-,15-12-,19-16-,24-21-/t40-,41-,45-,46-,47-/m1/s1. The summed E-state index contributed by atoms with van der Waals surface area (Å²) in [6.07, 6.45) is 33.3. The number of carbonyl (C=O) groups is 2. The van der Waals surface area contributed by atoms with E-state index >= 15 is 0 Å². The maximum Gasteiger partial charge on any atom is 0.481 e. The Bertz CT molecular complexity index is 1890. The van der Waals surface area contributed by atoms with E-state index in [1.807, 2.05) is 18.2 Å². The molecule has 19 nitrogen and oxygen atoms in total. The monoisotopic (exact) mass is 1020 g/mol. The van der Waals surface area contributed by atoms with Gasteiger partial charge in [0.2, 0.25) is 0 Å². The van der Waals surface area contributed by atoms with Crippen LogP contribution in [0.4, 0.5) is 5.82 Å². The van der Waals surface area contributed by atoms with Gasteiger partial charge in [-0.05, 0) is 89.5 Å². The summed E-state index contributed by atoms with van der Waals surface area (Å²) in [7, 11) is -10.9. The highest BCUT2D eigenvalue weighted by atomic mass is 31.3. The quantitative estimate of drug-likeness (QED) is 0.0155. The van der Waals surface area contributed by atoms with E-state index < -0.39 is 83.7 Å². The van der Waals surface area contributed by atoms with Gasteiger partial charge in [-0.25, -0.2) is 13.9 Å². The molecule has 1 fully saturated rings. The molecule has 0 aliphatic carbocycles. The molecule has 2 heterocycles. The zero-order valence-corrected chi connectivity index (χ0v) is 42.1. The number of esters is 2. The minimum Gasteiger partial charge on any atom is -0.462 e. The summed E-state index contributed by atoms with van der Waals surface area (Å²) in [5, 5.41) is 29.7. The summed E-state index contributed by atoms with van der Waals surface area (Å²) >= 11 is 0. The molecule has 7 atom stereocenters. The predicted octanol–water partition coefficient (Wildman–Crippen LogP) is 8.53. The second-order valence-corrected chi connectivity index (χ2v) is 19.7. The third kappa shape index (κ3) is 30.0. The number of phosphoric ester groups is 2. The van der Waals surface area contributed by atoms with Crippen LogP contribution in [0.5, 0.6) is 0 Å². The third-order valence-corrected chi connectivity index (χ3v) is 13.2. The molecular formula is C48H79N3O16P2. The Kier molecular flexibility index (Phi) is 33.2.